The van der Waals surface area contributed by atoms with E-state index in [-0.39, 0.29) is 5.41 Å². The molecule has 0 N–H and O–H groups in total. The van der Waals surface area contributed by atoms with Crippen molar-refractivity contribution in [2.75, 3.05) is 13.2 Å². The van der Waals surface area contributed by atoms with Crippen LogP contribution in [-0.4, -0.2) is 19.4 Å². The molecule has 3 nitrogen and oxygen atoms in total. The van der Waals surface area contributed by atoms with Crippen LogP contribution in [0.25, 0.3) is 0 Å². The molecule has 0 fully saturated rings. The Kier molecular flexibility index (Phi) is 7.18. The van der Waals surface area contributed by atoms with Gasteiger partial charge in [-0.15, -0.1) is 0 Å². The first kappa shape index (κ1) is 15.3. The predicted octanol–water partition coefficient (Wildman–Crippen LogP) is 4.01. The Morgan fingerprint density at radius 1 is 1.19 bits per heavy atom. The zero-order chi connectivity index (χ0) is 12.6. The molecule has 96 valence electrons. The summed E-state index contributed by atoms with van der Waals surface area (Å²) in [5.41, 5.74) is -0.00734. The van der Waals surface area contributed by atoms with Gasteiger partial charge in [0.25, 0.3) is 0 Å². The van der Waals surface area contributed by atoms with E-state index in [4.69, 9.17) is 9.47 Å². The van der Waals surface area contributed by atoms with Gasteiger partial charge >= 0.3 is 6.16 Å². The summed E-state index contributed by atoms with van der Waals surface area (Å²) >= 11 is 0. The van der Waals surface area contributed by atoms with Crippen LogP contribution in [0.4, 0.5) is 4.79 Å². The van der Waals surface area contributed by atoms with Crippen molar-refractivity contribution < 1.29 is 14.3 Å². The van der Waals surface area contributed by atoms with Crippen molar-refractivity contribution in [3.05, 3.63) is 0 Å². The molecule has 0 bridgehead atoms. The van der Waals surface area contributed by atoms with Gasteiger partial charge in [-0.25, -0.2) is 4.79 Å². The van der Waals surface area contributed by atoms with E-state index in [0.29, 0.717) is 19.1 Å². The number of hydrogen-bond acceptors (Lipinski definition) is 3. The molecule has 0 aromatic rings. The topological polar surface area (TPSA) is 35.5 Å². The van der Waals surface area contributed by atoms with Gasteiger partial charge < -0.3 is 9.47 Å². The first-order valence-electron chi connectivity index (χ1n) is 6.18. The second kappa shape index (κ2) is 7.53. The van der Waals surface area contributed by atoms with Gasteiger partial charge in [-0.2, -0.15) is 0 Å². The van der Waals surface area contributed by atoms with Crippen molar-refractivity contribution in [3.8, 4) is 0 Å². The summed E-state index contributed by atoms with van der Waals surface area (Å²) in [6, 6.07) is 0. The molecule has 0 aliphatic heterocycles. The molecule has 0 aliphatic rings. The zero-order valence-corrected chi connectivity index (χ0v) is 11.3. The van der Waals surface area contributed by atoms with Crippen LogP contribution in [0, 0.1) is 11.3 Å². The third-order valence-corrected chi connectivity index (χ3v) is 2.33. The molecule has 3 heteroatoms. The molecule has 0 aromatic heterocycles. The van der Waals surface area contributed by atoms with Crippen molar-refractivity contribution in [2.45, 2.75) is 53.9 Å². The fourth-order valence-corrected chi connectivity index (χ4v) is 1.32. The average molecular weight is 230 g/mol. The standard InChI is InChI=1S/C13H26O3/c1-6-8-11(7-2)9-15-12(14)16-10-13(3,4)5/h11H,6-10H2,1-5H3. The second-order valence-electron chi connectivity index (χ2n) is 5.47. The SMILES string of the molecule is CCCC(CC)COC(=O)OCC(C)(C)C. The first-order chi connectivity index (χ1) is 7.39. The Balaban J connectivity index is 3.71. The van der Waals surface area contributed by atoms with Crippen molar-refractivity contribution in [1.82, 2.24) is 0 Å². The quantitative estimate of drug-likeness (QED) is 0.647. The summed E-state index contributed by atoms with van der Waals surface area (Å²) in [7, 11) is 0. The molecule has 0 radical (unpaired) electrons. The lowest BCUT2D eigenvalue weighted by molar-refractivity contribution is 0.0235. The van der Waals surface area contributed by atoms with Gasteiger partial charge in [0.15, 0.2) is 0 Å². The summed E-state index contributed by atoms with van der Waals surface area (Å²) in [5, 5.41) is 0. The summed E-state index contributed by atoms with van der Waals surface area (Å²) in [6.45, 7) is 11.2. The molecule has 0 aromatic carbocycles. The van der Waals surface area contributed by atoms with Crippen molar-refractivity contribution in [3.63, 3.8) is 0 Å². The van der Waals surface area contributed by atoms with E-state index in [2.05, 4.69) is 13.8 Å². The smallest absolute Gasteiger partial charge is 0.434 e. The molecule has 0 saturated heterocycles. The molecule has 0 spiro atoms. The Bertz CT molecular complexity index is 194. The van der Waals surface area contributed by atoms with E-state index in [9.17, 15) is 4.79 Å². The van der Waals surface area contributed by atoms with Crippen LogP contribution in [0.2, 0.25) is 0 Å². The fraction of sp³-hybridized carbons (Fsp3) is 0.923. The molecule has 0 heterocycles. The Morgan fingerprint density at radius 3 is 2.25 bits per heavy atom. The highest BCUT2D eigenvalue weighted by Gasteiger charge is 2.15. The van der Waals surface area contributed by atoms with Gasteiger partial charge in [0.1, 0.15) is 0 Å². The highest BCUT2D eigenvalue weighted by Crippen LogP contribution is 2.14. The Morgan fingerprint density at radius 2 is 1.81 bits per heavy atom. The van der Waals surface area contributed by atoms with Crippen LogP contribution in [0.1, 0.15) is 53.9 Å². The number of rotatable bonds is 6. The normalized spacial score (nSPS) is 13.3. The minimum Gasteiger partial charge on any atom is -0.434 e. The number of hydrogen-bond donors (Lipinski definition) is 0. The van der Waals surface area contributed by atoms with E-state index in [1.165, 1.54) is 0 Å². The highest BCUT2D eigenvalue weighted by atomic mass is 16.7. The van der Waals surface area contributed by atoms with Crippen molar-refractivity contribution in [1.29, 1.82) is 0 Å². The molecule has 1 unspecified atom stereocenters. The summed E-state index contributed by atoms with van der Waals surface area (Å²) in [4.78, 5) is 11.3. The number of carbonyl (C=O) groups is 1. The maximum atomic E-state index is 11.3. The first-order valence-corrected chi connectivity index (χ1v) is 6.18. The van der Waals surface area contributed by atoms with E-state index < -0.39 is 6.16 Å². The Hall–Kier alpha value is -0.730. The van der Waals surface area contributed by atoms with Crippen LogP contribution in [-0.2, 0) is 9.47 Å². The highest BCUT2D eigenvalue weighted by molar-refractivity contribution is 5.59. The molecule has 16 heavy (non-hydrogen) atoms. The lowest BCUT2D eigenvalue weighted by atomic mass is 9.99. The third-order valence-electron chi connectivity index (χ3n) is 2.33. The maximum Gasteiger partial charge on any atom is 0.508 e. The average Bonchev–Trinajstić information content (AvgIpc) is 2.20. The molecule has 0 amide bonds. The maximum absolute atomic E-state index is 11.3. The molecule has 0 aliphatic carbocycles. The van der Waals surface area contributed by atoms with Gasteiger partial charge in [0.05, 0.1) is 13.2 Å². The monoisotopic (exact) mass is 230 g/mol. The van der Waals surface area contributed by atoms with Crippen LogP contribution in [0.3, 0.4) is 0 Å². The fourth-order valence-electron chi connectivity index (χ4n) is 1.32. The van der Waals surface area contributed by atoms with E-state index in [1.54, 1.807) is 0 Å². The van der Waals surface area contributed by atoms with Gasteiger partial charge in [-0.3, -0.25) is 0 Å². The van der Waals surface area contributed by atoms with Crippen LogP contribution >= 0.6 is 0 Å². The molecular weight excluding hydrogens is 204 g/mol. The molecular formula is C13H26O3. The van der Waals surface area contributed by atoms with Gasteiger partial charge in [-0.1, -0.05) is 47.5 Å². The molecule has 0 saturated carbocycles. The summed E-state index contributed by atoms with van der Waals surface area (Å²) in [5.74, 6) is 0.465. The lowest BCUT2D eigenvalue weighted by Crippen LogP contribution is -2.21. The van der Waals surface area contributed by atoms with Crippen LogP contribution in [0.5, 0.6) is 0 Å². The second-order valence-corrected chi connectivity index (χ2v) is 5.47. The zero-order valence-electron chi connectivity index (χ0n) is 11.3. The lowest BCUT2D eigenvalue weighted by Gasteiger charge is -2.18. The van der Waals surface area contributed by atoms with Crippen LogP contribution in [0.15, 0.2) is 0 Å². The van der Waals surface area contributed by atoms with Gasteiger partial charge in [0, 0.05) is 0 Å². The van der Waals surface area contributed by atoms with Gasteiger partial charge in [0.2, 0.25) is 0 Å². The van der Waals surface area contributed by atoms with E-state index >= 15 is 0 Å². The van der Waals surface area contributed by atoms with E-state index in [0.717, 1.165) is 19.3 Å². The number of carbonyl (C=O) groups excluding carboxylic acids is 1. The predicted molar refractivity (Wildman–Crippen MR) is 65.4 cm³/mol. The minimum absolute atomic E-state index is 0.00734. The molecule has 0 rings (SSSR count). The van der Waals surface area contributed by atoms with Crippen molar-refractivity contribution >= 4 is 6.16 Å². The molecule has 1 atom stereocenters. The van der Waals surface area contributed by atoms with Gasteiger partial charge in [-0.05, 0) is 17.8 Å². The van der Waals surface area contributed by atoms with E-state index in [1.807, 2.05) is 20.8 Å². The van der Waals surface area contributed by atoms with Crippen molar-refractivity contribution in [2.24, 2.45) is 11.3 Å². The largest absolute Gasteiger partial charge is 0.508 e. The summed E-state index contributed by atoms with van der Waals surface area (Å²) in [6.07, 6.45) is 2.73. The third kappa shape index (κ3) is 8.57. The van der Waals surface area contributed by atoms with Crippen LogP contribution < -0.4 is 0 Å². The summed E-state index contributed by atoms with van der Waals surface area (Å²) < 4.78 is 10.1. The number of ether oxygens (including phenoxy) is 2. The minimum atomic E-state index is -0.538. The Labute approximate surface area is 99.5 Å².